The van der Waals surface area contributed by atoms with Crippen LogP contribution in [0.25, 0.3) is 0 Å². The number of methoxy groups -OCH3 is 2. The summed E-state index contributed by atoms with van der Waals surface area (Å²) in [5.74, 6) is 1.65. The second kappa shape index (κ2) is 4.47. The van der Waals surface area contributed by atoms with Crippen molar-refractivity contribution in [2.45, 2.75) is 37.1 Å². The molecule has 0 aliphatic heterocycles. The summed E-state index contributed by atoms with van der Waals surface area (Å²) in [5.41, 5.74) is 1.73. The maximum Gasteiger partial charge on any atom is 0.161 e. The molecule has 1 aromatic rings. The fraction of sp³-hybridized carbons (Fsp3) is 0.600. The van der Waals surface area contributed by atoms with Gasteiger partial charge < -0.3 is 14.8 Å². The molecule has 0 spiro atoms. The van der Waals surface area contributed by atoms with E-state index in [1.54, 1.807) is 14.2 Å². The molecule has 0 heterocycles. The SMILES string of the molecule is COc1ccc(C2(CNC3CC3)CC2)cc1OC. The van der Waals surface area contributed by atoms with Gasteiger partial charge in [-0.25, -0.2) is 0 Å². The molecule has 18 heavy (non-hydrogen) atoms. The van der Waals surface area contributed by atoms with Crippen molar-refractivity contribution in [3.63, 3.8) is 0 Å². The van der Waals surface area contributed by atoms with Crippen molar-refractivity contribution in [3.05, 3.63) is 23.8 Å². The van der Waals surface area contributed by atoms with Crippen LogP contribution in [0.3, 0.4) is 0 Å². The Hall–Kier alpha value is -1.22. The van der Waals surface area contributed by atoms with E-state index in [1.807, 2.05) is 6.07 Å². The van der Waals surface area contributed by atoms with Crippen molar-refractivity contribution in [3.8, 4) is 11.5 Å². The van der Waals surface area contributed by atoms with Crippen LogP contribution in [0.5, 0.6) is 11.5 Å². The molecule has 3 rings (SSSR count). The van der Waals surface area contributed by atoms with E-state index in [9.17, 15) is 0 Å². The van der Waals surface area contributed by atoms with Gasteiger partial charge >= 0.3 is 0 Å². The van der Waals surface area contributed by atoms with Gasteiger partial charge in [0.2, 0.25) is 0 Å². The molecule has 1 aromatic carbocycles. The first kappa shape index (κ1) is 11.8. The highest BCUT2D eigenvalue weighted by Gasteiger charge is 2.45. The predicted molar refractivity (Wildman–Crippen MR) is 71.5 cm³/mol. The number of hydrogen-bond acceptors (Lipinski definition) is 3. The number of ether oxygens (including phenoxy) is 2. The Bertz CT molecular complexity index is 436. The van der Waals surface area contributed by atoms with Crippen molar-refractivity contribution >= 4 is 0 Å². The molecule has 2 aliphatic carbocycles. The normalized spacial score (nSPS) is 20.6. The molecule has 0 aromatic heterocycles. The Morgan fingerprint density at radius 1 is 1.17 bits per heavy atom. The zero-order valence-electron chi connectivity index (χ0n) is 11.2. The van der Waals surface area contributed by atoms with Crippen LogP contribution in [0.15, 0.2) is 18.2 Å². The van der Waals surface area contributed by atoms with Gasteiger partial charge in [0.15, 0.2) is 11.5 Å². The predicted octanol–water partition coefficient (Wildman–Crippen LogP) is 2.49. The second-order valence-electron chi connectivity index (χ2n) is 5.51. The van der Waals surface area contributed by atoms with Crippen molar-refractivity contribution < 1.29 is 9.47 Å². The van der Waals surface area contributed by atoms with E-state index in [0.29, 0.717) is 5.41 Å². The molecule has 0 unspecified atom stereocenters. The van der Waals surface area contributed by atoms with E-state index in [2.05, 4.69) is 17.4 Å². The van der Waals surface area contributed by atoms with Gasteiger partial charge in [0, 0.05) is 18.0 Å². The van der Waals surface area contributed by atoms with Crippen LogP contribution in [0, 0.1) is 0 Å². The molecule has 3 heteroatoms. The van der Waals surface area contributed by atoms with Gasteiger partial charge in [0.25, 0.3) is 0 Å². The Balaban J connectivity index is 1.77. The third-order valence-corrected chi connectivity index (χ3v) is 4.16. The molecular formula is C15H21NO2. The fourth-order valence-corrected chi connectivity index (χ4v) is 2.51. The smallest absolute Gasteiger partial charge is 0.161 e. The summed E-state index contributed by atoms with van der Waals surface area (Å²) in [5, 5.41) is 3.65. The number of rotatable bonds is 6. The maximum absolute atomic E-state index is 5.39. The quantitative estimate of drug-likeness (QED) is 0.837. The van der Waals surface area contributed by atoms with Crippen molar-refractivity contribution in [2.24, 2.45) is 0 Å². The lowest BCUT2D eigenvalue weighted by Crippen LogP contribution is -2.28. The molecule has 3 nitrogen and oxygen atoms in total. The van der Waals surface area contributed by atoms with Crippen LogP contribution in [0.1, 0.15) is 31.2 Å². The van der Waals surface area contributed by atoms with Crippen LogP contribution >= 0.6 is 0 Å². The van der Waals surface area contributed by atoms with Gasteiger partial charge in [-0.3, -0.25) is 0 Å². The first-order chi connectivity index (χ1) is 8.77. The first-order valence-corrected chi connectivity index (χ1v) is 6.73. The zero-order chi connectivity index (χ0) is 12.6. The third kappa shape index (κ3) is 2.19. The molecule has 1 N–H and O–H groups in total. The van der Waals surface area contributed by atoms with Crippen molar-refractivity contribution in [1.29, 1.82) is 0 Å². The van der Waals surface area contributed by atoms with Gasteiger partial charge in [-0.1, -0.05) is 6.07 Å². The second-order valence-corrected chi connectivity index (χ2v) is 5.51. The molecule has 0 saturated heterocycles. The van der Waals surface area contributed by atoms with Gasteiger partial charge in [0.05, 0.1) is 14.2 Å². The van der Waals surface area contributed by atoms with Gasteiger partial charge in [0.1, 0.15) is 0 Å². The molecule has 2 saturated carbocycles. The highest BCUT2D eigenvalue weighted by atomic mass is 16.5. The van der Waals surface area contributed by atoms with Gasteiger partial charge in [-0.2, -0.15) is 0 Å². The molecule has 0 amide bonds. The Labute approximate surface area is 108 Å². The number of hydrogen-bond donors (Lipinski definition) is 1. The largest absolute Gasteiger partial charge is 0.493 e. The summed E-state index contributed by atoms with van der Waals surface area (Å²) in [7, 11) is 3.38. The summed E-state index contributed by atoms with van der Waals surface area (Å²) in [4.78, 5) is 0. The minimum Gasteiger partial charge on any atom is -0.493 e. The lowest BCUT2D eigenvalue weighted by atomic mass is 9.95. The number of benzene rings is 1. The van der Waals surface area contributed by atoms with Crippen LogP contribution < -0.4 is 14.8 Å². The average molecular weight is 247 g/mol. The molecule has 2 fully saturated rings. The highest BCUT2D eigenvalue weighted by molar-refractivity contribution is 5.47. The zero-order valence-corrected chi connectivity index (χ0v) is 11.2. The summed E-state index contributed by atoms with van der Waals surface area (Å²) in [6.45, 7) is 1.10. The van der Waals surface area contributed by atoms with E-state index in [0.717, 1.165) is 24.1 Å². The summed E-state index contributed by atoms with van der Waals surface area (Å²) in [6.07, 6.45) is 5.26. The summed E-state index contributed by atoms with van der Waals surface area (Å²) >= 11 is 0. The Kier molecular flexibility index (Phi) is 2.94. The van der Waals surface area contributed by atoms with Crippen LogP contribution in [0.4, 0.5) is 0 Å². The minimum atomic E-state index is 0.349. The number of nitrogens with one attached hydrogen (secondary N) is 1. The maximum atomic E-state index is 5.39. The molecule has 0 radical (unpaired) electrons. The summed E-state index contributed by atoms with van der Waals surface area (Å²) < 4.78 is 10.7. The molecular weight excluding hydrogens is 226 g/mol. The van der Waals surface area contributed by atoms with Gasteiger partial charge in [-0.05, 0) is 43.4 Å². The van der Waals surface area contributed by atoms with Gasteiger partial charge in [-0.15, -0.1) is 0 Å². The summed E-state index contributed by atoms with van der Waals surface area (Å²) in [6, 6.07) is 7.12. The molecule has 2 aliphatic rings. The van der Waals surface area contributed by atoms with E-state index < -0.39 is 0 Å². The van der Waals surface area contributed by atoms with E-state index in [1.165, 1.54) is 31.2 Å². The van der Waals surface area contributed by atoms with Crippen LogP contribution in [-0.4, -0.2) is 26.8 Å². The van der Waals surface area contributed by atoms with E-state index in [4.69, 9.17) is 9.47 Å². The van der Waals surface area contributed by atoms with Crippen molar-refractivity contribution in [2.75, 3.05) is 20.8 Å². The molecule has 98 valence electrons. The Morgan fingerprint density at radius 2 is 1.89 bits per heavy atom. The third-order valence-electron chi connectivity index (χ3n) is 4.16. The average Bonchev–Trinajstić information content (AvgIpc) is 3.29. The Morgan fingerprint density at radius 3 is 2.44 bits per heavy atom. The standard InChI is InChI=1S/C15H21NO2/c1-17-13-6-3-11(9-14(13)18-2)15(7-8-15)10-16-12-4-5-12/h3,6,9,12,16H,4-5,7-8,10H2,1-2H3. The van der Waals surface area contributed by atoms with Crippen LogP contribution in [-0.2, 0) is 5.41 Å². The fourth-order valence-electron chi connectivity index (χ4n) is 2.51. The van der Waals surface area contributed by atoms with E-state index >= 15 is 0 Å². The van der Waals surface area contributed by atoms with Crippen molar-refractivity contribution in [1.82, 2.24) is 5.32 Å². The minimum absolute atomic E-state index is 0.349. The molecule has 0 bridgehead atoms. The first-order valence-electron chi connectivity index (χ1n) is 6.73. The lowest BCUT2D eigenvalue weighted by molar-refractivity contribution is 0.354. The topological polar surface area (TPSA) is 30.5 Å². The lowest BCUT2D eigenvalue weighted by Gasteiger charge is -2.18. The van der Waals surface area contributed by atoms with Crippen LogP contribution in [0.2, 0.25) is 0 Å². The highest BCUT2D eigenvalue weighted by Crippen LogP contribution is 2.49. The molecule has 0 atom stereocenters. The van der Waals surface area contributed by atoms with E-state index in [-0.39, 0.29) is 0 Å². The monoisotopic (exact) mass is 247 g/mol.